The van der Waals surface area contributed by atoms with Crippen molar-refractivity contribution in [2.45, 2.75) is 44.7 Å². The standard InChI is InChI=1S/C24H35N5S.HI/c1-19(20-9-7-10-21(17-20)28-12-3-4-13-28)27-24(25-2)26-18-22(23-11-8-16-30-23)29-14-5-6-15-29;/h7-11,16-17,19,22H,3-6,12-15,18H2,1-2H3,(H2,25,26,27);1H. The second kappa shape index (κ2) is 12.1. The number of benzene rings is 1. The minimum Gasteiger partial charge on any atom is -0.372 e. The summed E-state index contributed by atoms with van der Waals surface area (Å²) in [5.41, 5.74) is 2.64. The summed E-state index contributed by atoms with van der Waals surface area (Å²) in [5.74, 6) is 0.870. The number of aliphatic imine (C=N–C) groups is 1. The molecule has 0 spiro atoms. The summed E-state index contributed by atoms with van der Waals surface area (Å²) in [6.45, 7) is 7.82. The largest absolute Gasteiger partial charge is 0.372 e. The van der Waals surface area contributed by atoms with E-state index in [1.54, 1.807) is 0 Å². The van der Waals surface area contributed by atoms with Crippen LogP contribution >= 0.6 is 35.3 Å². The van der Waals surface area contributed by atoms with Crippen LogP contribution in [0.3, 0.4) is 0 Å². The zero-order valence-corrected chi connectivity index (χ0v) is 21.9. The Morgan fingerprint density at radius 2 is 1.81 bits per heavy atom. The van der Waals surface area contributed by atoms with E-state index in [1.807, 2.05) is 18.4 Å². The minimum atomic E-state index is 0. The van der Waals surface area contributed by atoms with E-state index >= 15 is 0 Å². The van der Waals surface area contributed by atoms with E-state index in [-0.39, 0.29) is 30.0 Å². The van der Waals surface area contributed by atoms with Gasteiger partial charge in [0.1, 0.15) is 0 Å². The molecule has 0 bridgehead atoms. The Morgan fingerprint density at radius 3 is 2.48 bits per heavy atom. The smallest absolute Gasteiger partial charge is 0.191 e. The first-order chi connectivity index (χ1) is 14.7. The Morgan fingerprint density at radius 1 is 1.06 bits per heavy atom. The molecule has 7 heteroatoms. The van der Waals surface area contributed by atoms with E-state index in [0.717, 1.165) is 12.5 Å². The van der Waals surface area contributed by atoms with Gasteiger partial charge in [0.15, 0.2) is 5.96 Å². The first kappa shape index (κ1) is 24.3. The van der Waals surface area contributed by atoms with Crippen LogP contribution in [0.25, 0.3) is 0 Å². The van der Waals surface area contributed by atoms with Crippen LogP contribution in [-0.4, -0.2) is 50.6 Å². The molecule has 3 heterocycles. The van der Waals surface area contributed by atoms with E-state index < -0.39 is 0 Å². The summed E-state index contributed by atoms with van der Waals surface area (Å²) < 4.78 is 0. The van der Waals surface area contributed by atoms with Crippen LogP contribution in [-0.2, 0) is 0 Å². The fourth-order valence-electron chi connectivity index (χ4n) is 4.59. The van der Waals surface area contributed by atoms with E-state index in [0.29, 0.717) is 6.04 Å². The SMILES string of the molecule is CN=C(NCC(c1cccs1)N1CCCC1)NC(C)c1cccc(N2CCCC2)c1.I. The van der Waals surface area contributed by atoms with Crippen LogP contribution in [0.15, 0.2) is 46.8 Å². The van der Waals surface area contributed by atoms with Crippen molar-refractivity contribution < 1.29 is 0 Å². The summed E-state index contributed by atoms with van der Waals surface area (Å²) in [5, 5.41) is 9.38. The van der Waals surface area contributed by atoms with Crippen LogP contribution in [0.4, 0.5) is 5.69 Å². The Kier molecular flexibility index (Phi) is 9.47. The van der Waals surface area contributed by atoms with Gasteiger partial charge >= 0.3 is 0 Å². The molecule has 0 saturated carbocycles. The first-order valence-electron chi connectivity index (χ1n) is 11.3. The molecule has 31 heavy (non-hydrogen) atoms. The number of thiophene rings is 1. The van der Waals surface area contributed by atoms with Gasteiger partial charge in [-0.2, -0.15) is 0 Å². The molecule has 2 aromatic rings. The van der Waals surface area contributed by atoms with Crippen molar-refractivity contribution in [3.63, 3.8) is 0 Å². The fraction of sp³-hybridized carbons (Fsp3) is 0.542. The Labute approximate surface area is 208 Å². The molecule has 170 valence electrons. The van der Waals surface area contributed by atoms with E-state index in [1.165, 1.54) is 68.0 Å². The monoisotopic (exact) mass is 553 g/mol. The maximum absolute atomic E-state index is 4.50. The summed E-state index contributed by atoms with van der Waals surface area (Å²) >= 11 is 1.85. The average Bonchev–Trinajstić information content (AvgIpc) is 3.57. The van der Waals surface area contributed by atoms with Crippen LogP contribution in [0.1, 0.15) is 55.1 Å². The quantitative estimate of drug-likeness (QED) is 0.287. The highest BCUT2D eigenvalue weighted by atomic mass is 127. The van der Waals surface area contributed by atoms with E-state index in [4.69, 9.17) is 0 Å². The third-order valence-electron chi connectivity index (χ3n) is 6.33. The normalized spacial score (nSPS) is 19.2. The van der Waals surface area contributed by atoms with Crippen LogP contribution in [0.5, 0.6) is 0 Å². The van der Waals surface area contributed by atoms with Crippen molar-refractivity contribution >= 4 is 47.0 Å². The lowest BCUT2D eigenvalue weighted by Gasteiger charge is -2.28. The molecule has 2 saturated heterocycles. The van der Waals surface area contributed by atoms with Gasteiger partial charge in [0.05, 0.1) is 12.1 Å². The predicted molar refractivity (Wildman–Crippen MR) is 144 cm³/mol. The zero-order valence-electron chi connectivity index (χ0n) is 18.7. The van der Waals surface area contributed by atoms with Crippen LogP contribution < -0.4 is 15.5 Å². The van der Waals surface area contributed by atoms with Crippen molar-refractivity contribution in [3.05, 3.63) is 52.2 Å². The number of nitrogens with one attached hydrogen (secondary N) is 2. The number of nitrogens with zero attached hydrogens (tertiary/aromatic N) is 3. The molecule has 2 unspecified atom stereocenters. The maximum atomic E-state index is 4.50. The average molecular weight is 554 g/mol. The first-order valence-corrected chi connectivity index (χ1v) is 12.2. The number of likely N-dealkylation sites (tertiary alicyclic amines) is 1. The Balaban J connectivity index is 0.00000272. The van der Waals surface area contributed by atoms with Crippen LogP contribution in [0.2, 0.25) is 0 Å². The van der Waals surface area contributed by atoms with Crippen LogP contribution in [0, 0.1) is 0 Å². The molecular formula is C24H36IN5S. The molecule has 2 aliphatic rings. The molecule has 2 fully saturated rings. The number of anilines is 1. The second-order valence-corrected chi connectivity index (χ2v) is 9.36. The maximum Gasteiger partial charge on any atom is 0.191 e. The molecule has 0 radical (unpaired) electrons. The second-order valence-electron chi connectivity index (χ2n) is 8.38. The lowest BCUT2D eigenvalue weighted by atomic mass is 10.1. The zero-order chi connectivity index (χ0) is 20.8. The molecule has 0 amide bonds. The van der Waals surface area contributed by atoms with E-state index in [9.17, 15) is 0 Å². The summed E-state index contributed by atoms with van der Waals surface area (Å²) in [7, 11) is 1.86. The summed E-state index contributed by atoms with van der Waals surface area (Å²) in [4.78, 5) is 11.0. The van der Waals surface area contributed by atoms with Gasteiger partial charge < -0.3 is 15.5 Å². The minimum absolute atomic E-state index is 0. The number of hydrogen-bond acceptors (Lipinski definition) is 4. The van der Waals surface area contributed by atoms with Gasteiger partial charge in [0, 0.05) is 37.2 Å². The highest BCUT2D eigenvalue weighted by molar-refractivity contribution is 14.0. The number of rotatable bonds is 7. The Bertz CT molecular complexity index is 813. The van der Waals surface area contributed by atoms with Gasteiger partial charge in [-0.1, -0.05) is 18.2 Å². The molecule has 1 aromatic carbocycles. The van der Waals surface area contributed by atoms with Gasteiger partial charge in [-0.05, 0) is 74.8 Å². The number of guanidine groups is 1. The highest BCUT2D eigenvalue weighted by Gasteiger charge is 2.24. The number of hydrogen-bond donors (Lipinski definition) is 2. The van der Waals surface area contributed by atoms with Crippen molar-refractivity contribution in [2.24, 2.45) is 4.99 Å². The number of halogens is 1. The fourth-order valence-corrected chi connectivity index (χ4v) is 5.45. The van der Waals surface area contributed by atoms with Crippen molar-refractivity contribution in [2.75, 3.05) is 44.7 Å². The van der Waals surface area contributed by atoms with E-state index in [2.05, 4.69) is 74.1 Å². The van der Waals surface area contributed by atoms with Gasteiger partial charge in [-0.25, -0.2) is 0 Å². The molecule has 5 nitrogen and oxygen atoms in total. The van der Waals surface area contributed by atoms with Gasteiger partial charge in [0.25, 0.3) is 0 Å². The summed E-state index contributed by atoms with van der Waals surface area (Å²) in [6, 6.07) is 14.0. The van der Waals surface area contributed by atoms with Gasteiger partial charge in [-0.3, -0.25) is 9.89 Å². The lowest BCUT2D eigenvalue weighted by Crippen LogP contribution is -2.43. The summed E-state index contributed by atoms with van der Waals surface area (Å²) in [6.07, 6.45) is 5.21. The molecule has 0 aliphatic carbocycles. The molecule has 2 N–H and O–H groups in total. The topological polar surface area (TPSA) is 42.9 Å². The predicted octanol–water partition coefficient (Wildman–Crippen LogP) is 5.03. The van der Waals surface area contributed by atoms with Crippen molar-refractivity contribution in [1.29, 1.82) is 0 Å². The van der Waals surface area contributed by atoms with Gasteiger partial charge in [0.2, 0.25) is 0 Å². The molecule has 1 aromatic heterocycles. The Hall–Kier alpha value is -1.32. The van der Waals surface area contributed by atoms with Crippen molar-refractivity contribution in [3.8, 4) is 0 Å². The molecule has 2 atom stereocenters. The third-order valence-corrected chi connectivity index (χ3v) is 7.31. The van der Waals surface area contributed by atoms with Gasteiger partial charge in [-0.15, -0.1) is 35.3 Å². The van der Waals surface area contributed by atoms with Crippen molar-refractivity contribution in [1.82, 2.24) is 15.5 Å². The molecule has 4 rings (SSSR count). The molecule has 2 aliphatic heterocycles. The molecular weight excluding hydrogens is 517 g/mol. The highest BCUT2D eigenvalue weighted by Crippen LogP contribution is 2.28. The third kappa shape index (κ3) is 6.35. The lowest BCUT2D eigenvalue weighted by molar-refractivity contribution is 0.249.